The highest BCUT2D eigenvalue weighted by Gasteiger charge is 2.21. The van der Waals surface area contributed by atoms with Crippen LogP contribution in [0.5, 0.6) is 5.88 Å². The van der Waals surface area contributed by atoms with E-state index in [0.29, 0.717) is 18.0 Å². The lowest BCUT2D eigenvalue weighted by atomic mass is 10.0. The highest BCUT2D eigenvalue weighted by atomic mass is 35.5. The summed E-state index contributed by atoms with van der Waals surface area (Å²) in [5.74, 6) is 0.514. The summed E-state index contributed by atoms with van der Waals surface area (Å²) in [5.41, 5.74) is 4.94. The molecule has 1 fully saturated rings. The molecule has 37 heavy (non-hydrogen) atoms. The van der Waals surface area contributed by atoms with Gasteiger partial charge in [-0.05, 0) is 53.3 Å². The van der Waals surface area contributed by atoms with Gasteiger partial charge in [0.1, 0.15) is 6.10 Å². The summed E-state index contributed by atoms with van der Waals surface area (Å²) in [5, 5.41) is 3.79. The normalized spacial score (nSPS) is 14.3. The average molecular weight is 512 g/mol. The molecular weight excluding hydrogens is 482 g/mol. The van der Waals surface area contributed by atoms with E-state index in [2.05, 4.69) is 33.4 Å². The lowest BCUT2D eigenvalue weighted by Crippen LogP contribution is -2.37. The number of benzene rings is 3. The molecule has 1 aromatic heterocycles. The third-order valence-corrected chi connectivity index (χ3v) is 7.05. The summed E-state index contributed by atoms with van der Waals surface area (Å²) >= 11 is 6.31. The summed E-state index contributed by atoms with van der Waals surface area (Å²) in [6.07, 6.45) is 3.82. The molecule has 188 valence electrons. The highest BCUT2D eigenvalue weighted by molar-refractivity contribution is 6.31. The molecule has 0 spiro atoms. The first-order valence-electron chi connectivity index (χ1n) is 12.6. The molecule has 0 unspecified atom stereocenters. The van der Waals surface area contributed by atoms with E-state index < -0.39 is 0 Å². The number of piperidine rings is 1. The first-order valence-corrected chi connectivity index (χ1v) is 13.0. The molecule has 1 amide bonds. The van der Waals surface area contributed by atoms with Gasteiger partial charge in [-0.1, -0.05) is 78.3 Å². The van der Waals surface area contributed by atoms with Crippen LogP contribution < -0.4 is 10.1 Å². The topological polar surface area (TPSA) is 54.5 Å². The fourth-order valence-corrected chi connectivity index (χ4v) is 4.73. The summed E-state index contributed by atoms with van der Waals surface area (Å²) < 4.78 is 6.12. The SMILES string of the molecule is O=C(NCc1ccc(OC2CCN(Cc3ccccc3Cl)CC2)nc1)c1ccc(-c2ccccc2)cc1. The maximum atomic E-state index is 12.6. The highest BCUT2D eigenvalue weighted by Crippen LogP contribution is 2.22. The molecule has 0 aliphatic carbocycles. The van der Waals surface area contributed by atoms with E-state index in [4.69, 9.17) is 16.3 Å². The molecule has 6 heteroatoms. The number of hydrogen-bond acceptors (Lipinski definition) is 4. The lowest BCUT2D eigenvalue weighted by molar-refractivity contribution is 0.0932. The van der Waals surface area contributed by atoms with Crippen LogP contribution in [0, 0.1) is 0 Å². The Kier molecular flexibility index (Phi) is 8.14. The molecule has 5 nitrogen and oxygen atoms in total. The van der Waals surface area contributed by atoms with Crippen molar-refractivity contribution in [2.45, 2.75) is 32.0 Å². The Morgan fingerprint density at radius 3 is 2.30 bits per heavy atom. The Hall–Kier alpha value is -3.67. The van der Waals surface area contributed by atoms with Crippen molar-refractivity contribution in [2.75, 3.05) is 13.1 Å². The van der Waals surface area contributed by atoms with Crippen LogP contribution in [0.1, 0.15) is 34.3 Å². The maximum Gasteiger partial charge on any atom is 0.251 e. The van der Waals surface area contributed by atoms with E-state index in [1.165, 1.54) is 0 Å². The first-order chi connectivity index (χ1) is 18.1. The van der Waals surface area contributed by atoms with Gasteiger partial charge in [-0.2, -0.15) is 0 Å². The Bertz CT molecular complexity index is 1300. The fourth-order valence-electron chi connectivity index (χ4n) is 4.54. The van der Waals surface area contributed by atoms with Crippen LogP contribution >= 0.6 is 11.6 Å². The van der Waals surface area contributed by atoms with E-state index in [9.17, 15) is 4.79 Å². The Labute approximate surface area is 223 Å². The number of nitrogens with zero attached hydrogens (tertiary/aromatic N) is 2. The molecule has 0 bridgehead atoms. The van der Waals surface area contributed by atoms with E-state index in [-0.39, 0.29) is 12.0 Å². The number of nitrogens with one attached hydrogen (secondary N) is 1. The van der Waals surface area contributed by atoms with E-state index >= 15 is 0 Å². The minimum absolute atomic E-state index is 0.108. The quantitative estimate of drug-likeness (QED) is 0.298. The molecule has 2 heterocycles. The summed E-state index contributed by atoms with van der Waals surface area (Å²) in [6.45, 7) is 3.20. The number of ether oxygens (including phenoxy) is 1. The number of aromatic nitrogens is 1. The van der Waals surface area contributed by atoms with E-state index in [0.717, 1.165) is 59.8 Å². The zero-order chi connectivity index (χ0) is 25.5. The van der Waals surface area contributed by atoms with Crippen molar-refractivity contribution in [3.8, 4) is 17.0 Å². The van der Waals surface area contributed by atoms with Crippen molar-refractivity contribution in [1.29, 1.82) is 0 Å². The number of likely N-dealkylation sites (tertiary alicyclic amines) is 1. The molecular formula is C31H30ClN3O2. The van der Waals surface area contributed by atoms with Crippen LogP contribution in [0.3, 0.4) is 0 Å². The van der Waals surface area contributed by atoms with Gasteiger partial charge in [0.05, 0.1) is 0 Å². The summed E-state index contributed by atoms with van der Waals surface area (Å²) in [7, 11) is 0. The van der Waals surface area contributed by atoms with Crippen molar-refractivity contribution in [1.82, 2.24) is 15.2 Å². The summed E-state index contributed by atoms with van der Waals surface area (Å²) in [6, 6.07) is 29.6. The van der Waals surface area contributed by atoms with Crippen LogP contribution in [-0.4, -0.2) is 35.0 Å². The molecule has 0 atom stereocenters. The number of carbonyl (C=O) groups excluding carboxylic acids is 1. The molecule has 0 saturated carbocycles. The minimum atomic E-state index is -0.108. The second kappa shape index (κ2) is 12.0. The van der Waals surface area contributed by atoms with Crippen LogP contribution in [0.15, 0.2) is 97.2 Å². The molecule has 1 saturated heterocycles. The van der Waals surface area contributed by atoms with Crippen molar-refractivity contribution >= 4 is 17.5 Å². The number of amides is 1. The molecule has 1 aliphatic rings. The van der Waals surface area contributed by atoms with Crippen molar-refractivity contribution in [2.24, 2.45) is 0 Å². The van der Waals surface area contributed by atoms with Gasteiger partial charge in [-0.15, -0.1) is 0 Å². The largest absolute Gasteiger partial charge is 0.474 e. The molecule has 3 aromatic carbocycles. The monoisotopic (exact) mass is 511 g/mol. The molecule has 5 rings (SSSR count). The van der Waals surface area contributed by atoms with Gasteiger partial charge in [-0.3, -0.25) is 9.69 Å². The third-order valence-electron chi connectivity index (χ3n) is 6.68. The Morgan fingerprint density at radius 1 is 0.892 bits per heavy atom. The standard InChI is InChI=1S/C31H30ClN3O2/c32-29-9-5-4-8-27(29)22-35-18-16-28(17-19-35)37-30-15-10-23(20-33-30)21-34-31(36)26-13-11-25(12-14-26)24-6-2-1-3-7-24/h1-15,20,28H,16-19,21-22H2,(H,34,36). The lowest BCUT2D eigenvalue weighted by Gasteiger charge is -2.32. The smallest absolute Gasteiger partial charge is 0.251 e. The van der Waals surface area contributed by atoms with Gasteiger partial charge in [0, 0.05) is 49.0 Å². The van der Waals surface area contributed by atoms with Gasteiger partial charge in [0.25, 0.3) is 5.91 Å². The van der Waals surface area contributed by atoms with Crippen LogP contribution in [-0.2, 0) is 13.1 Å². The summed E-state index contributed by atoms with van der Waals surface area (Å²) in [4.78, 5) is 19.5. The average Bonchev–Trinajstić information content (AvgIpc) is 2.95. The van der Waals surface area contributed by atoms with Crippen LogP contribution in [0.4, 0.5) is 0 Å². The Balaban J connectivity index is 1.06. The van der Waals surface area contributed by atoms with Crippen LogP contribution in [0.25, 0.3) is 11.1 Å². The first kappa shape index (κ1) is 25.0. The van der Waals surface area contributed by atoms with Gasteiger partial charge in [-0.25, -0.2) is 4.98 Å². The van der Waals surface area contributed by atoms with Gasteiger partial charge >= 0.3 is 0 Å². The van der Waals surface area contributed by atoms with Gasteiger partial charge in [0.2, 0.25) is 5.88 Å². The van der Waals surface area contributed by atoms with Crippen molar-refractivity contribution in [3.63, 3.8) is 0 Å². The number of rotatable bonds is 8. The fraction of sp³-hybridized carbons (Fsp3) is 0.226. The number of carbonyl (C=O) groups is 1. The van der Waals surface area contributed by atoms with Crippen molar-refractivity contribution in [3.05, 3.63) is 119 Å². The van der Waals surface area contributed by atoms with E-state index in [1.807, 2.05) is 72.8 Å². The number of pyridine rings is 1. The van der Waals surface area contributed by atoms with Crippen LogP contribution in [0.2, 0.25) is 5.02 Å². The molecule has 0 radical (unpaired) electrons. The van der Waals surface area contributed by atoms with Crippen molar-refractivity contribution < 1.29 is 9.53 Å². The number of halogens is 1. The molecule has 1 aliphatic heterocycles. The second-order valence-corrected chi connectivity index (χ2v) is 9.72. The zero-order valence-corrected chi connectivity index (χ0v) is 21.4. The molecule has 1 N–H and O–H groups in total. The zero-order valence-electron chi connectivity index (χ0n) is 20.6. The van der Waals surface area contributed by atoms with Gasteiger partial charge in [0.15, 0.2) is 0 Å². The minimum Gasteiger partial charge on any atom is -0.474 e. The third kappa shape index (κ3) is 6.76. The Morgan fingerprint density at radius 2 is 1.59 bits per heavy atom. The maximum absolute atomic E-state index is 12.6. The number of hydrogen-bond donors (Lipinski definition) is 1. The predicted molar refractivity (Wildman–Crippen MR) is 148 cm³/mol. The van der Waals surface area contributed by atoms with E-state index in [1.54, 1.807) is 6.20 Å². The molecule has 4 aromatic rings. The van der Waals surface area contributed by atoms with Gasteiger partial charge < -0.3 is 10.1 Å². The predicted octanol–water partition coefficient (Wildman–Crippen LogP) is 6.38. The second-order valence-electron chi connectivity index (χ2n) is 9.32.